The highest BCUT2D eigenvalue weighted by Crippen LogP contribution is 2.33. The first-order valence-corrected chi connectivity index (χ1v) is 15.3. The molecule has 210 valence electrons. The number of piperidine rings is 1. The summed E-state index contributed by atoms with van der Waals surface area (Å²) in [5.74, 6) is 0.801. The van der Waals surface area contributed by atoms with Gasteiger partial charge in [0.15, 0.2) is 0 Å². The lowest BCUT2D eigenvalue weighted by molar-refractivity contribution is -0.146. The molecule has 2 unspecified atom stereocenters. The lowest BCUT2D eigenvalue weighted by Crippen LogP contribution is -2.47. The first-order chi connectivity index (χ1) is 19.7. The van der Waals surface area contributed by atoms with Crippen LogP contribution < -0.4 is 4.74 Å². The molecule has 4 aromatic rings. The Morgan fingerprint density at radius 1 is 0.925 bits per heavy atom. The van der Waals surface area contributed by atoms with Gasteiger partial charge in [0.25, 0.3) is 0 Å². The van der Waals surface area contributed by atoms with Crippen molar-refractivity contribution in [3.05, 3.63) is 101 Å². The van der Waals surface area contributed by atoms with E-state index in [0.717, 1.165) is 49.3 Å². The van der Waals surface area contributed by atoms with Gasteiger partial charge in [0.2, 0.25) is 0 Å². The third-order valence-corrected chi connectivity index (χ3v) is 8.69. The van der Waals surface area contributed by atoms with Crippen molar-refractivity contribution in [2.24, 2.45) is 0 Å². The molecule has 1 fully saturated rings. The predicted octanol–water partition coefficient (Wildman–Crippen LogP) is 7.33. The molecule has 5 nitrogen and oxygen atoms in total. The van der Waals surface area contributed by atoms with Crippen molar-refractivity contribution in [1.29, 1.82) is 0 Å². The van der Waals surface area contributed by atoms with Crippen LogP contribution >= 0.6 is 11.3 Å². The SMILES string of the molecule is CN(CCC(Oc1cccc2ccccc12)c1cccs1)CC(CC(=O)OCc1ccccc1)N1CCCCC1. The highest BCUT2D eigenvalue weighted by Gasteiger charge is 2.26. The Bertz CT molecular complexity index is 1320. The molecule has 6 heteroatoms. The molecule has 1 aliphatic rings. The van der Waals surface area contributed by atoms with Crippen LogP contribution in [0.15, 0.2) is 90.3 Å². The number of hydrogen-bond donors (Lipinski definition) is 0. The Balaban J connectivity index is 1.21. The summed E-state index contributed by atoms with van der Waals surface area (Å²) in [5, 5.41) is 4.44. The summed E-state index contributed by atoms with van der Waals surface area (Å²) in [6, 6.07) is 29.0. The number of ether oxygens (including phenoxy) is 2. The molecule has 0 radical (unpaired) electrons. The smallest absolute Gasteiger partial charge is 0.307 e. The van der Waals surface area contributed by atoms with Gasteiger partial charge in [-0.25, -0.2) is 0 Å². The number of esters is 1. The summed E-state index contributed by atoms with van der Waals surface area (Å²) < 4.78 is 12.4. The van der Waals surface area contributed by atoms with Crippen molar-refractivity contribution in [2.75, 3.05) is 33.2 Å². The second-order valence-electron chi connectivity index (χ2n) is 10.8. The first-order valence-electron chi connectivity index (χ1n) is 14.5. The number of likely N-dealkylation sites (tertiary alicyclic amines) is 1. The zero-order chi connectivity index (χ0) is 27.6. The zero-order valence-corrected chi connectivity index (χ0v) is 24.2. The van der Waals surface area contributed by atoms with E-state index in [2.05, 4.69) is 76.8 Å². The van der Waals surface area contributed by atoms with Crippen LogP contribution in [0.3, 0.4) is 0 Å². The van der Waals surface area contributed by atoms with E-state index in [1.54, 1.807) is 11.3 Å². The van der Waals surface area contributed by atoms with Crippen LogP contribution in [-0.4, -0.2) is 55.0 Å². The lowest BCUT2D eigenvalue weighted by Gasteiger charge is -2.36. The van der Waals surface area contributed by atoms with Crippen LogP contribution in [-0.2, 0) is 16.1 Å². The molecular formula is C34H40N2O3S. The highest BCUT2D eigenvalue weighted by atomic mass is 32.1. The van der Waals surface area contributed by atoms with Gasteiger partial charge in [-0.2, -0.15) is 0 Å². The maximum absolute atomic E-state index is 12.9. The van der Waals surface area contributed by atoms with Crippen LogP contribution in [0.25, 0.3) is 10.8 Å². The van der Waals surface area contributed by atoms with Crippen LogP contribution in [0.4, 0.5) is 0 Å². The van der Waals surface area contributed by atoms with Crippen LogP contribution in [0.2, 0.25) is 0 Å². The number of thiophene rings is 1. The molecule has 0 aliphatic carbocycles. The minimum atomic E-state index is -0.122. The third kappa shape index (κ3) is 7.94. The molecule has 1 aliphatic heterocycles. The molecule has 40 heavy (non-hydrogen) atoms. The summed E-state index contributed by atoms with van der Waals surface area (Å²) in [4.78, 5) is 19.0. The molecule has 1 saturated heterocycles. The minimum Gasteiger partial charge on any atom is -0.484 e. The molecule has 2 atom stereocenters. The maximum Gasteiger partial charge on any atom is 0.307 e. The molecule has 2 heterocycles. The molecule has 0 N–H and O–H groups in total. The number of rotatable bonds is 13. The molecule has 0 saturated carbocycles. The predicted molar refractivity (Wildman–Crippen MR) is 164 cm³/mol. The van der Waals surface area contributed by atoms with Gasteiger partial charge in [0.1, 0.15) is 18.5 Å². The van der Waals surface area contributed by atoms with Crippen molar-refractivity contribution in [3.8, 4) is 5.75 Å². The van der Waals surface area contributed by atoms with Crippen LogP contribution in [0, 0.1) is 0 Å². The number of nitrogens with zero attached hydrogens (tertiary/aromatic N) is 2. The number of carbonyl (C=O) groups excluding carboxylic acids is 1. The fourth-order valence-corrected chi connectivity index (χ4v) is 6.35. The zero-order valence-electron chi connectivity index (χ0n) is 23.4. The topological polar surface area (TPSA) is 42.0 Å². The van der Waals surface area contributed by atoms with Crippen molar-refractivity contribution in [1.82, 2.24) is 9.80 Å². The van der Waals surface area contributed by atoms with Crippen molar-refractivity contribution >= 4 is 28.1 Å². The van der Waals surface area contributed by atoms with E-state index in [1.165, 1.54) is 29.5 Å². The third-order valence-electron chi connectivity index (χ3n) is 7.73. The molecule has 3 aromatic carbocycles. The van der Waals surface area contributed by atoms with Crippen LogP contribution in [0.5, 0.6) is 5.75 Å². The Labute approximate surface area is 242 Å². The molecular weight excluding hydrogens is 516 g/mol. The Hall–Kier alpha value is -3.19. The second-order valence-corrected chi connectivity index (χ2v) is 11.7. The van der Waals surface area contributed by atoms with Gasteiger partial charge >= 0.3 is 5.97 Å². The molecule has 0 spiro atoms. The van der Waals surface area contributed by atoms with Gasteiger partial charge in [-0.1, -0.05) is 79.2 Å². The second kappa shape index (κ2) is 14.4. The van der Waals surface area contributed by atoms with E-state index >= 15 is 0 Å². The largest absolute Gasteiger partial charge is 0.484 e. The van der Waals surface area contributed by atoms with E-state index < -0.39 is 0 Å². The van der Waals surface area contributed by atoms with Gasteiger partial charge in [-0.05, 0) is 61.4 Å². The van der Waals surface area contributed by atoms with Gasteiger partial charge in [0.05, 0.1) is 6.42 Å². The van der Waals surface area contributed by atoms with E-state index in [4.69, 9.17) is 9.47 Å². The average Bonchev–Trinajstić information content (AvgIpc) is 3.54. The van der Waals surface area contributed by atoms with Crippen LogP contribution in [0.1, 0.15) is 48.6 Å². The fraction of sp³-hybridized carbons (Fsp3) is 0.382. The minimum absolute atomic E-state index is 0.0301. The molecule has 1 aromatic heterocycles. The highest BCUT2D eigenvalue weighted by molar-refractivity contribution is 7.10. The summed E-state index contributed by atoms with van der Waals surface area (Å²) in [6.45, 7) is 4.12. The maximum atomic E-state index is 12.9. The molecule has 0 amide bonds. The Morgan fingerprint density at radius 3 is 2.50 bits per heavy atom. The van der Waals surface area contributed by atoms with Gasteiger partial charge in [-0.15, -0.1) is 11.3 Å². The van der Waals surface area contributed by atoms with E-state index in [0.29, 0.717) is 13.0 Å². The first kappa shape index (κ1) is 28.3. The summed E-state index contributed by atoms with van der Waals surface area (Å²) >= 11 is 1.74. The van der Waals surface area contributed by atoms with Crippen molar-refractivity contribution < 1.29 is 14.3 Å². The summed E-state index contributed by atoms with van der Waals surface area (Å²) in [7, 11) is 2.16. The number of likely N-dealkylation sites (N-methyl/N-ethyl adjacent to an activating group) is 1. The van der Waals surface area contributed by atoms with Crippen molar-refractivity contribution in [2.45, 2.75) is 50.9 Å². The van der Waals surface area contributed by atoms with E-state index in [-0.39, 0.29) is 18.1 Å². The average molecular weight is 557 g/mol. The normalized spacial score (nSPS) is 15.7. The number of benzene rings is 3. The van der Waals surface area contributed by atoms with E-state index in [9.17, 15) is 4.79 Å². The number of carbonyl (C=O) groups is 1. The standard InChI is InChI=1S/C34H40N2O3S/c1-35(25-29(36-20-8-3-9-21-36)24-34(37)38-26-27-12-4-2-5-13-27)22-19-32(33-18-11-23-40-33)39-31-17-10-15-28-14-6-7-16-30(28)31/h2,4-7,10-18,23,29,32H,3,8-9,19-22,24-26H2,1H3. The number of fused-ring (bicyclic) bond motifs is 1. The van der Waals surface area contributed by atoms with Gasteiger partial charge < -0.3 is 14.4 Å². The summed E-state index contributed by atoms with van der Waals surface area (Å²) in [5.41, 5.74) is 1.02. The summed E-state index contributed by atoms with van der Waals surface area (Å²) in [6.07, 6.45) is 4.91. The number of hydrogen-bond acceptors (Lipinski definition) is 6. The van der Waals surface area contributed by atoms with Gasteiger partial charge in [0, 0.05) is 35.8 Å². The van der Waals surface area contributed by atoms with E-state index in [1.807, 2.05) is 30.3 Å². The monoisotopic (exact) mass is 556 g/mol. The van der Waals surface area contributed by atoms with Crippen molar-refractivity contribution in [3.63, 3.8) is 0 Å². The fourth-order valence-electron chi connectivity index (χ4n) is 5.56. The Morgan fingerprint density at radius 2 is 1.70 bits per heavy atom. The molecule has 5 rings (SSSR count). The Kier molecular flexibility index (Phi) is 10.2. The quantitative estimate of drug-likeness (QED) is 0.161. The molecule has 0 bridgehead atoms. The van der Waals surface area contributed by atoms with Gasteiger partial charge in [-0.3, -0.25) is 9.69 Å². The lowest BCUT2D eigenvalue weighted by atomic mass is 10.1.